The summed E-state index contributed by atoms with van der Waals surface area (Å²) in [7, 11) is 0. The van der Waals surface area contributed by atoms with Crippen molar-refractivity contribution in [2.45, 2.75) is 63.4 Å². The first-order valence-electron chi connectivity index (χ1n) is 6.41. The molecule has 0 aromatic rings. The lowest BCUT2D eigenvalue weighted by molar-refractivity contribution is -0.186. The molecule has 0 radical (unpaired) electrons. The number of aliphatic hydroxyl groups is 1. The van der Waals surface area contributed by atoms with E-state index in [9.17, 15) is 31.4 Å². The number of rotatable bonds is 4. The van der Waals surface area contributed by atoms with Gasteiger partial charge in [-0.05, 0) is 44.4 Å². The standard InChI is InChI=1S/C12H18F6O/c13-11(14,15)7-1-2-10(19)8-3-5-9(6-4-8)12(16,17)18/h8-10,19H,1-7H2. The third kappa shape index (κ3) is 6.01. The van der Waals surface area contributed by atoms with Crippen LogP contribution in [0.3, 0.4) is 0 Å². The molecule has 0 amide bonds. The van der Waals surface area contributed by atoms with Crippen LogP contribution in [-0.2, 0) is 0 Å². The third-order valence-corrected chi connectivity index (χ3v) is 3.74. The van der Waals surface area contributed by atoms with Gasteiger partial charge in [-0.25, -0.2) is 0 Å². The van der Waals surface area contributed by atoms with Crippen LogP contribution in [0.4, 0.5) is 26.3 Å². The average Bonchev–Trinajstić information content (AvgIpc) is 2.26. The first-order chi connectivity index (χ1) is 8.59. The van der Waals surface area contributed by atoms with Crippen molar-refractivity contribution < 1.29 is 31.4 Å². The number of hydrogen-bond donors (Lipinski definition) is 1. The predicted octanol–water partition coefficient (Wildman–Crippen LogP) is 4.45. The second-order valence-corrected chi connectivity index (χ2v) is 5.23. The Morgan fingerprint density at radius 2 is 1.47 bits per heavy atom. The van der Waals surface area contributed by atoms with E-state index in [0.29, 0.717) is 0 Å². The molecule has 1 saturated carbocycles. The van der Waals surface area contributed by atoms with Gasteiger partial charge in [0.25, 0.3) is 0 Å². The fourth-order valence-electron chi connectivity index (χ4n) is 2.58. The fraction of sp³-hybridized carbons (Fsp3) is 1.00. The highest BCUT2D eigenvalue weighted by atomic mass is 19.4. The lowest BCUT2D eigenvalue weighted by Gasteiger charge is -2.32. The van der Waals surface area contributed by atoms with Crippen LogP contribution in [0.25, 0.3) is 0 Å². The van der Waals surface area contributed by atoms with Crippen LogP contribution in [0.5, 0.6) is 0 Å². The average molecular weight is 292 g/mol. The Labute approximate surface area is 108 Å². The van der Waals surface area contributed by atoms with E-state index < -0.39 is 30.8 Å². The minimum Gasteiger partial charge on any atom is -0.393 e. The van der Waals surface area contributed by atoms with Gasteiger partial charge in [0.1, 0.15) is 0 Å². The normalized spacial score (nSPS) is 27.3. The molecule has 0 saturated heterocycles. The molecular weight excluding hydrogens is 274 g/mol. The molecule has 0 spiro atoms. The molecule has 0 heterocycles. The summed E-state index contributed by atoms with van der Waals surface area (Å²) in [5, 5.41) is 9.71. The molecule has 19 heavy (non-hydrogen) atoms. The topological polar surface area (TPSA) is 20.2 Å². The van der Waals surface area contributed by atoms with Crippen LogP contribution in [0, 0.1) is 11.8 Å². The first kappa shape index (κ1) is 16.6. The van der Waals surface area contributed by atoms with Crippen LogP contribution in [-0.4, -0.2) is 23.6 Å². The van der Waals surface area contributed by atoms with Crippen molar-refractivity contribution in [2.24, 2.45) is 11.8 Å². The van der Waals surface area contributed by atoms with E-state index in [-0.39, 0.29) is 44.4 Å². The van der Waals surface area contributed by atoms with Crippen molar-refractivity contribution in [1.82, 2.24) is 0 Å². The molecule has 1 unspecified atom stereocenters. The van der Waals surface area contributed by atoms with Gasteiger partial charge in [0.2, 0.25) is 0 Å². The summed E-state index contributed by atoms with van der Waals surface area (Å²) in [6.45, 7) is 0. The lowest BCUT2D eigenvalue weighted by Crippen LogP contribution is -2.32. The van der Waals surface area contributed by atoms with E-state index in [1.54, 1.807) is 0 Å². The van der Waals surface area contributed by atoms with Crippen molar-refractivity contribution in [2.75, 3.05) is 0 Å². The third-order valence-electron chi connectivity index (χ3n) is 3.74. The fourth-order valence-corrected chi connectivity index (χ4v) is 2.58. The molecule has 1 aliphatic carbocycles. The maximum absolute atomic E-state index is 12.4. The van der Waals surface area contributed by atoms with E-state index in [1.807, 2.05) is 0 Å². The smallest absolute Gasteiger partial charge is 0.391 e. The summed E-state index contributed by atoms with van der Waals surface area (Å²) in [4.78, 5) is 0. The molecule has 0 aliphatic heterocycles. The van der Waals surface area contributed by atoms with Crippen molar-refractivity contribution in [1.29, 1.82) is 0 Å². The summed E-state index contributed by atoms with van der Waals surface area (Å²) in [5.74, 6) is -1.63. The van der Waals surface area contributed by atoms with E-state index in [2.05, 4.69) is 0 Å². The van der Waals surface area contributed by atoms with Gasteiger partial charge in [-0.3, -0.25) is 0 Å². The Hall–Kier alpha value is -0.460. The van der Waals surface area contributed by atoms with E-state index in [0.717, 1.165) is 0 Å². The number of hydrogen-bond acceptors (Lipinski definition) is 1. The predicted molar refractivity (Wildman–Crippen MR) is 57.4 cm³/mol. The summed E-state index contributed by atoms with van der Waals surface area (Å²) in [5.41, 5.74) is 0. The molecule has 1 aliphatic rings. The lowest BCUT2D eigenvalue weighted by atomic mass is 9.78. The summed E-state index contributed by atoms with van der Waals surface area (Å²) >= 11 is 0. The Morgan fingerprint density at radius 3 is 1.89 bits per heavy atom. The maximum atomic E-state index is 12.4. The van der Waals surface area contributed by atoms with Gasteiger partial charge in [0.05, 0.1) is 12.0 Å². The second kappa shape index (κ2) is 6.33. The Balaban J connectivity index is 2.27. The van der Waals surface area contributed by atoms with Crippen LogP contribution >= 0.6 is 0 Å². The SMILES string of the molecule is OC(CCCC(F)(F)F)C1CCC(C(F)(F)F)CC1. The maximum Gasteiger partial charge on any atom is 0.391 e. The van der Waals surface area contributed by atoms with Crippen LogP contribution in [0.2, 0.25) is 0 Å². The minimum absolute atomic E-state index is 0.000854. The largest absolute Gasteiger partial charge is 0.393 e. The molecule has 114 valence electrons. The zero-order valence-corrected chi connectivity index (χ0v) is 10.4. The molecule has 7 heteroatoms. The van der Waals surface area contributed by atoms with Gasteiger partial charge in [-0.1, -0.05) is 0 Å². The summed E-state index contributed by atoms with van der Waals surface area (Å²) in [6.07, 6.45) is -10.1. The first-order valence-corrected chi connectivity index (χ1v) is 6.41. The summed E-state index contributed by atoms with van der Waals surface area (Å²) < 4.78 is 73.0. The van der Waals surface area contributed by atoms with Gasteiger partial charge in [0, 0.05) is 6.42 Å². The molecule has 0 aromatic heterocycles. The highest BCUT2D eigenvalue weighted by Gasteiger charge is 2.42. The van der Waals surface area contributed by atoms with Crippen molar-refractivity contribution in [3.63, 3.8) is 0 Å². The van der Waals surface area contributed by atoms with Gasteiger partial charge in [-0.2, -0.15) is 26.3 Å². The van der Waals surface area contributed by atoms with Crippen LogP contribution < -0.4 is 0 Å². The molecular formula is C12H18F6O. The van der Waals surface area contributed by atoms with Crippen molar-refractivity contribution >= 4 is 0 Å². The van der Waals surface area contributed by atoms with Gasteiger partial charge < -0.3 is 5.11 Å². The summed E-state index contributed by atoms with van der Waals surface area (Å²) in [6, 6.07) is 0. The highest BCUT2D eigenvalue weighted by molar-refractivity contribution is 4.80. The molecule has 0 aromatic carbocycles. The van der Waals surface area contributed by atoms with E-state index >= 15 is 0 Å². The number of alkyl halides is 6. The second-order valence-electron chi connectivity index (χ2n) is 5.23. The Bertz CT molecular complexity index is 264. The minimum atomic E-state index is -4.24. The molecule has 1 rings (SSSR count). The van der Waals surface area contributed by atoms with Crippen LogP contribution in [0.1, 0.15) is 44.9 Å². The van der Waals surface area contributed by atoms with E-state index in [4.69, 9.17) is 0 Å². The highest BCUT2D eigenvalue weighted by Crippen LogP contribution is 2.41. The monoisotopic (exact) mass is 292 g/mol. The number of halogens is 6. The van der Waals surface area contributed by atoms with Crippen molar-refractivity contribution in [3.05, 3.63) is 0 Å². The van der Waals surface area contributed by atoms with Gasteiger partial charge in [-0.15, -0.1) is 0 Å². The molecule has 1 atom stereocenters. The van der Waals surface area contributed by atoms with E-state index in [1.165, 1.54) is 0 Å². The Kier molecular flexibility index (Phi) is 5.53. The molecule has 1 nitrogen and oxygen atoms in total. The van der Waals surface area contributed by atoms with Gasteiger partial charge in [0.15, 0.2) is 0 Å². The zero-order valence-electron chi connectivity index (χ0n) is 10.4. The Morgan fingerprint density at radius 1 is 0.947 bits per heavy atom. The van der Waals surface area contributed by atoms with Crippen molar-refractivity contribution in [3.8, 4) is 0 Å². The molecule has 0 bridgehead atoms. The quantitative estimate of drug-likeness (QED) is 0.759. The van der Waals surface area contributed by atoms with Crippen LogP contribution in [0.15, 0.2) is 0 Å². The number of aliphatic hydroxyl groups excluding tert-OH is 1. The molecule has 1 N–H and O–H groups in total. The zero-order chi connectivity index (χ0) is 14.7. The van der Waals surface area contributed by atoms with Gasteiger partial charge >= 0.3 is 12.4 Å². The molecule has 1 fully saturated rings.